The lowest BCUT2D eigenvalue weighted by Crippen LogP contribution is -2.62. The van der Waals surface area contributed by atoms with Gasteiger partial charge in [0, 0.05) is 59.7 Å². The highest BCUT2D eigenvalue weighted by molar-refractivity contribution is 7.13. The van der Waals surface area contributed by atoms with Gasteiger partial charge in [-0.05, 0) is 187 Å². The molecule has 0 aliphatic carbocycles. The molecule has 2 aromatic carbocycles. The summed E-state index contributed by atoms with van der Waals surface area (Å²) in [6.45, 7) is 53.4. The molecular formula is C87H134N8O17S2Si2. The standard InChI is InChI=1S/C41H62N4O7SSi.C37H56N4O7SSi.C9H16O3/c1-12-14-20-35(50-9)28(5)37(46)43-36(27(3)4)38(47)42-34(25-29-17-15-18-30(24-29)52-54(10,11)41(6,7)8)39(48)45-23-16-19-33(44-45)40(49)51-26-32-22-21-31(13-2)53-32;1-12-27-18-19-28(49-27)23-46-34(44)29-17-14-20-41(40-29)33(43)30(38-32(42)31(24(2)3)39-35(45)47-36(4,5)6)22-25-15-13-16-26(21-25)48-50(10,11)37(7,8)9;1-4-5-6-8(12-3)7(2)9(10)11/h12-13,15,17-18,21-22,24,27-28,33-36,44H,1-2,14,16,19-20,23,25-26H2,3-11H3,(H,42,47)(H,43,46);12-13,15-16,18-19,21,24,29-31,40H,1,14,17,20,22-23H2,2-11H3,(H,38,42)(H,39,45);4,7-8H,1,5-6H2,2-3H3,(H,10,11)/t28-,33+,34+,35-,36+;29-,30-,31-;7-,8-/m101/s1. The first-order valence-corrected chi connectivity index (χ1v) is 47.5. The van der Waals surface area contributed by atoms with E-state index < -0.39 is 118 Å². The van der Waals surface area contributed by atoms with Crippen LogP contribution in [0.5, 0.6) is 11.5 Å². The normalized spacial score (nSPS) is 16.7. The second-order valence-corrected chi connectivity index (χ2v) is 46.1. The van der Waals surface area contributed by atoms with Crippen LogP contribution >= 0.6 is 22.7 Å². The van der Waals surface area contributed by atoms with Crippen molar-refractivity contribution >= 4 is 105 Å². The zero-order valence-electron chi connectivity index (χ0n) is 72.6. The number of benzene rings is 2. The van der Waals surface area contributed by atoms with Crippen molar-refractivity contribution in [3.8, 4) is 11.5 Å². The second-order valence-electron chi connectivity index (χ2n) is 34.2. The minimum atomic E-state index is -2.16. The van der Waals surface area contributed by atoms with Crippen molar-refractivity contribution in [1.82, 2.24) is 42.1 Å². The molecule has 116 heavy (non-hydrogen) atoms. The lowest BCUT2D eigenvalue weighted by molar-refractivity contribution is -0.155. The molecule has 2 aromatic heterocycles. The monoisotopic (exact) mass is 1680 g/mol. The molecule has 29 heteroatoms. The quantitative estimate of drug-likeness (QED) is 0.00949. The number of carbonyl (C=O) groups excluding carboxylic acids is 8. The van der Waals surface area contributed by atoms with Crippen molar-refractivity contribution in [2.75, 3.05) is 27.3 Å². The van der Waals surface area contributed by atoms with Gasteiger partial charge in [0.15, 0.2) is 0 Å². The fourth-order valence-electron chi connectivity index (χ4n) is 11.8. The number of carboxylic acid groups (broad SMARTS) is 1. The Morgan fingerprint density at radius 3 is 1.28 bits per heavy atom. The SMILES string of the molecule is C=CCC[C@@H](OC)[C@@H](C)C(=O)N[C@H](C(=O)N[C@@H](Cc1cccc(O[Si](C)(C)C(C)(C)C)c1)C(=O)N1CCC[C@@H](C(=O)OCc2ccc(C=C)s2)N1)C(C)C.C=CCC[C@@H](OC)[C@@H](C)C(=O)O.C=Cc1ccc(COC(=O)[C@@H]2CCCN(C(=O)[C@H](Cc3cccc(O[Si](C)(C)C(C)(C)C)c3)NC(=O)[C@@H](NC(=O)OC(C)(C)C)C(C)C)N2)s1. The van der Waals surface area contributed by atoms with Gasteiger partial charge in [-0.15, -0.1) is 35.8 Å². The van der Waals surface area contributed by atoms with E-state index >= 15 is 0 Å². The number of alkyl carbamates (subject to hydrolysis) is 1. The molecule has 0 spiro atoms. The predicted molar refractivity (Wildman–Crippen MR) is 465 cm³/mol. The fourth-order valence-corrected chi connectivity index (χ4v) is 15.4. The summed E-state index contributed by atoms with van der Waals surface area (Å²) in [6.07, 6.45) is 10.9. The number of methoxy groups -OCH3 is 2. The summed E-state index contributed by atoms with van der Waals surface area (Å²) in [5, 5.41) is 22.9. The molecule has 0 radical (unpaired) electrons. The van der Waals surface area contributed by atoms with Gasteiger partial charge < -0.3 is 58.9 Å². The number of carbonyl (C=O) groups is 9. The lowest BCUT2D eigenvalue weighted by atomic mass is 9.96. The Morgan fingerprint density at radius 2 is 0.940 bits per heavy atom. The van der Waals surface area contributed by atoms with Gasteiger partial charge in [-0.3, -0.25) is 48.4 Å². The Labute approximate surface area is 699 Å². The van der Waals surface area contributed by atoms with Crippen LogP contribution in [0.15, 0.2) is 111 Å². The zero-order valence-corrected chi connectivity index (χ0v) is 76.2. The van der Waals surface area contributed by atoms with Gasteiger partial charge in [-0.2, -0.15) is 0 Å². The summed E-state index contributed by atoms with van der Waals surface area (Å²) in [5.74, 6) is -4.06. The summed E-state index contributed by atoms with van der Waals surface area (Å²) in [6, 6.07) is 17.4. The van der Waals surface area contributed by atoms with Gasteiger partial charge in [-0.1, -0.05) is 138 Å². The number of thiophene rings is 2. The first-order chi connectivity index (χ1) is 54.2. The summed E-state index contributed by atoms with van der Waals surface area (Å²) in [4.78, 5) is 123. The number of nitrogens with zero attached hydrogens (tertiary/aromatic N) is 2. The van der Waals surface area contributed by atoms with E-state index in [2.05, 4.69) is 126 Å². The highest BCUT2D eigenvalue weighted by Gasteiger charge is 2.43. The molecule has 6 amide bonds. The Balaban J connectivity index is 0.000000428. The number of ether oxygens (including phenoxy) is 5. The third kappa shape index (κ3) is 32.5. The summed E-state index contributed by atoms with van der Waals surface area (Å²) in [7, 11) is -1.21. The van der Waals surface area contributed by atoms with Crippen molar-refractivity contribution < 1.29 is 80.8 Å². The predicted octanol–water partition coefficient (Wildman–Crippen LogP) is 15.1. The molecule has 10 atom stereocenters. The topological polar surface area (TPSA) is 317 Å². The molecule has 2 aliphatic rings. The van der Waals surface area contributed by atoms with Gasteiger partial charge >= 0.3 is 24.0 Å². The Bertz CT molecular complexity index is 3910. The highest BCUT2D eigenvalue weighted by Crippen LogP contribution is 2.39. The Kier molecular flexibility index (Phi) is 40.3. The van der Waals surface area contributed by atoms with Crippen molar-refractivity contribution in [3.05, 3.63) is 142 Å². The largest absolute Gasteiger partial charge is 0.543 e. The van der Waals surface area contributed by atoms with Crippen LogP contribution in [-0.4, -0.2) is 167 Å². The molecule has 0 unspecified atom stereocenters. The van der Waals surface area contributed by atoms with Crippen molar-refractivity contribution in [1.29, 1.82) is 0 Å². The van der Waals surface area contributed by atoms with Gasteiger partial charge in [0.1, 0.15) is 66.6 Å². The molecule has 2 fully saturated rings. The summed E-state index contributed by atoms with van der Waals surface area (Å²) < 4.78 is 40.3. The minimum Gasteiger partial charge on any atom is -0.543 e. The van der Waals surface area contributed by atoms with Crippen molar-refractivity contribution in [2.45, 2.75) is 272 Å². The van der Waals surface area contributed by atoms with Gasteiger partial charge in [0.2, 0.25) is 34.4 Å². The molecule has 7 N–H and O–H groups in total. The lowest BCUT2D eigenvalue weighted by Gasteiger charge is -2.36. The first kappa shape index (κ1) is 100. The molecule has 4 heterocycles. The maximum Gasteiger partial charge on any atom is 0.408 e. The van der Waals surface area contributed by atoms with E-state index in [0.29, 0.717) is 69.5 Å². The number of aliphatic carboxylic acids is 1. The zero-order chi connectivity index (χ0) is 87.2. The molecule has 4 aromatic rings. The van der Waals surface area contributed by atoms with Crippen LogP contribution < -0.4 is 41.0 Å². The number of carboxylic acids is 1. The third-order valence-electron chi connectivity index (χ3n) is 20.9. The smallest absolute Gasteiger partial charge is 0.408 e. The Hall–Kier alpha value is -8.30. The molecule has 0 saturated carbocycles. The van der Waals surface area contributed by atoms with Crippen molar-refractivity contribution in [3.63, 3.8) is 0 Å². The van der Waals surface area contributed by atoms with Crippen LogP contribution in [0.4, 0.5) is 4.79 Å². The molecule has 6 rings (SSSR count). The average Bonchev–Trinajstić information content (AvgIpc) is 1.08. The number of hydrogen-bond acceptors (Lipinski definition) is 20. The molecule has 2 saturated heterocycles. The van der Waals surface area contributed by atoms with E-state index in [1.54, 1.807) is 79.9 Å². The summed E-state index contributed by atoms with van der Waals surface area (Å²) >= 11 is 2.98. The molecule has 2 aliphatic heterocycles. The van der Waals surface area contributed by atoms with Crippen LogP contribution in [-0.2, 0) is 88.1 Å². The van der Waals surface area contributed by atoms with E-state index in [1.165, 1.54) is 39.8 Å². The van der Waals surface area contributed by atoms with E-state index in [0.717, 1.165) is 37.1 Å². The number of allylic oxidation sites excluding steroid dienone is 2. The van der Waals surface area contributed by atoms with Crippen LogP contribution in [0.1, 0.15) is 186 Å². The maximum atomic E-state index is 14.4. The van der Waals surface area contributed by atoms with E-state index in [9.17, 15) is 43.2 Å². The Morgan fingerprint density at radius 1 is 0.552 bits per heavy atom. The van der Waals surface area contributed by atoms with Crippen LogP contribution in [0.3, 0.4) is 0 Å². The van der Waals surface area contributed by atoms with Gasteiger partial charge in [0.25, 0.3) is 11.8 Å². The number of rotatable bonds is 38. The number of amides is 6. The third-order valence-corrected chi connectivity index (χ3v) is 31.7. The average molecular weight is 1680 g/mol. The molecular weight excluding hydrogens is 1550 g/mol. The van der Waals surface area contributed by atoms with Gasteiger partial charge in [-0.25, -0.2) is 15.6 Å². The van der Waals surface area contributed by atoms with Crippen LogP contribution in [0, 0.1) is 23.7 Å². The molecule has 25 nitrogen and oxygen atoms in total. The van der Waals surface area contributed by atoms with Crippen molar-refractivity contribution in [2.24, 2.45) is 23.7 Å². The van der Waals surface area contributed by atoms with Crippen LogP contribution in [0.2, 0.25) is 36.3 Å². The minimum absolute atomic E-state index is 0.0155. The molecule has 644 valence electrons. The first-order valence-electron chi connectivity index (χ1n) is 40.1. The number of hydrogen-bond donors (Lipinski definition) is 7. The number of nitrogens with one attached hydrogen (secondary N) is 6. The number of esters is 2. The van der Waals surface area contributed by atoms with Crippen LogP contribution in [0.25, 0.3) is 12.2 Å². The van der Waals surface area contributed by atoms with E-state index in [-0.39, 0.29) is 66.1 Å². The maximum absolute atomic E-state index is 14.4. The van der Waals surface area contributed by atoms with Gasteiger partial charge in [0.05, 0.1) is 24.0 Å². The number of hydrazine groups is 2. The molecule has 0 bridgehead atoms. The van der Waals surface area contributed by atoms with E-state index in [1.807, 2.05) is 86.6 Å². The fraction of sp³-hybridized carbons (Fsp3) is 0.575. The summed E-state index contributed by atoms with van der Waals surface area (Å²) in [5.41, 5.74) is 6.94. The van der Waals surface area contributed by atoms with E-state index in [4.69, 9.17) is 37.6 Å². The highest BCUT2D eigenvalue weighted by atomic mass is 32.1. The second kappa shape index (κ2) is 46.7.